The Labute approximate surface area is 97.6 Å². The third-order valence-corrected chi connectivity index (χ3v) is 2.31. The van der Waals surface area contributed by atoms with Gasteiger partial charge in [-0.2, -0.15) is 0 Å². The summed E-state index contributed by atoms with van der Waals surface area (Å²) in [5.74, 6) is -2.01. The summed E-state index contributed by atoms with van der Waals surface area (Å²) < 4.78 is 4.53. The van der Waals surface area contributed by atoms with Gasteiger partial charge in [-0.1, -0.05) is 18.2 Å². The molecular formula is C11H13NO5. The number of rotatable bonds is 4. The van der Waals surface area contributed by atoms with E-state index in [9.17, 15) is 14.7 Å². The highest BCUT2D eigenvalue weighted by atomic mass is 16.5. The van der Waals surface area contributed by atoms with Crippen LogP contribution >= 0.6 is 0 Å². The van der Waals surface area contributed by atoms with Gasteiger partial charge >= 0.3 is 11.9 Å². The van der Waals surface area contributed by atoms with Crippen LogP contribution in [0.2, 0.25) is 0 Å². The summed E-state index contributed by atoms with van der Waals surface area (Å²) in [5, 5.41) is 18.5. The van der Waals surface area contributed by atoms with Crippen LogP contribution in [0, 0.1) is 0 Å². The quantitative estimate of drug-likeness (QED) is 0.634. The molecule has 0 radical (unpaired) electrons. The van der Waals surface area contributed by atoms with Gasteiger partial charge in [0.05, 0.1) is 12.7 Å². The molecule has 6 nitrogen and oxygen atoms in total. The number of carboxylic acid groups (broad SMARTS) is 1. The lowest BCUT2D eigenvalue weighted by molar-refractivity contribution is -0.141. The maximum Gasteiger partial charge on any atom is 0.338 e. The molecule has 6 heteroatoms. The summed E-state index contributed by atoms with van der Waals surface area (Å²) in [7, 11) is 1.20. The van der Waals surface area contributed by atoms with Gasteiger partial charge in [0.1, 0.15) is 12.1 Å². The topological polar surface area (TPSA) is 110 Å². The van der Waals surface area contributed by atoms with Crippen molar-refractivity contribution in [3.63, 3.8) is 0 Å². The molecule has 0 aromatic heterocycles. The van der Waals surface area contributed by atoms with Gasteiger partial charge in [-0.25, -0.2) is 4.79 Å². The third kappa shape index (κ3) is 2.80. The number of aliphatic hydroxyl groups excluding tert-OH is 1. The standard InChI is InChI=1S/C11H13NO5/c1-17-11(16)7-5-3-2-4-6(7)9(13)8(12)10(14)15/h2-5,8-9,13H,12H2,1H3,(H,14,15). The maximum atomic E-state index is 11.4. The molecule has 0 amide bonds. The second kappa shape index (κ2) is 5.42. The molecule has 1 aromatic rings. The summed E-state index contributed by atoms with van der Waals surface area (Å²) >= 11 is 0. The molecule has 0 bridgehead atoms. The molecule has 0 spiro atoms. The van der Waals surface area contributed by atoms with Gasteiger partial charge in [0.2, 0.25) is 0 Å². The second-order valence-corrected chi connectivity index (χ2v) is 3.39. The molecule has 0 aliphatic heterocycles. The van der Waals surface area contributed by atoms with E-state index in [-0.39, 0.29) is 11.1 Å². The van der Waals surface area contributed by atoms with Crippen molar-refractivity contribution in [2.75, 3.05) is 7.11 Å². The minimum atomic E-state index is -1.50. The minimum Gasteiger partial charge on any atom is -0.480 e. The molecule has 0 heterocycles. The van der Waals surface area contributed by atoms with Gasteiger partial charge in [-0.05, 0) is 11.6 Å². The van der Waals surface area contributed by atoms with Crippen LogP contribution in [0.1, 0.15) is 22.0 Å². The van der Waals surface area contributed by atoms with Crippen LogP contribution in [0.25, 0.3) is 0 Å². The predicted octanol–water partition coefficient (Wildman–Crippen LogP) is -0.0815. The Balaban J connectivity index is 3.13. The predicted molar refractivity (Wildman–Crippen MR) is 58.4 cm³/mol. The van der Waals surface area contributed by atoms with E-state index >= 15 is 0 Å². The second-order valence-electron chi connectivity index (χ2n) is 3.39. The Hall–Kier alpha value is -1.92. The molecule has 17 heavy (non-hydrogen) atoms. The lowest BCUT2D eigenvalue weighted by atomic mass is 9.97. The molecule has 1 rings (SSSR count). The molecule has 0 saturated carbocycles. The molecule has 2 atom stereocenters. The Morgan fingerprint density at radius 2 is 1.94 bits per heavy atom. The number of ether oxygens (including phenoxy) is 1. The fraction of sp³-hybridized carbons (Fsp3) is 0.273. The van der Waals surface area contributed by atoms with Gasteiger partial charge < -0.3 is 20.7 Å². The van der Waals surface area contributed by atoms with E-state index < -0.39 is 24.1 Å². The van der Waals surface area contributed by atoms with Gasteiger partial charge in [0, 0.05) is 0 Å². The van der Waals surface area contributed by atoms with Gasteiger partial charge in [-0.3, -0.25) is 4.79 Å². The van der Waals surface area contributed by atoms with Crippen molar-refractivity contribution in [1.82, 2.24) is 0 Å². The third-order valence-electron chi connectivity index (χ3n) is 2.31. The molecule has 2 unspecified atom stereocenters. The first-order chi connectivity index (χ1) is 7.99. The molecule has 0 aliphatic carbocycles. The number of esters is 1. The van der Waals surface area contributed by atoms with Crippen LogP contribution in [0.4, 0.5) is 0 Å². The van der Waals surface area contributed by atoms with Crippen molar-refractivity contribution in [2.45, 2.75) is 12.1 Å². The largest absolute Gasteiger partial charge is 0.480 e. The fourth-order valence-corrected chi connectivity index (χ4v) is 1.38. The number of carboxylic acids is 1. The molecule has 4 N–H and O–H groups in total. The van der Waals surface area contributed by atoms with Crippen LogP contribution in [0.15, 0.2) is 24.3 Å². The fourth-order valence-electron chi connectivity index (χ4n) is 1.38. The van der Waals surface area contributed by atoms with Crippen LogP contribution in [0.3, 0.4) is 0 Å². The van der Waals surface area contributed by atoms with Crippen LogP contribution < -0.4 is 5.73 Å². The van der Waals surface area contributed by atoms with E-state index in [1.54, 1.807) is 12.1 Å². The minimum absolute atomic E-state index is 0.0965. The highest BCUT2D eigenvalue weighted by Crippen LogP contribution is 2.21. The lowest BCUT2D eigenvalue weighted by Crippen LogP contribution is -2.37. The van der Waals surface area contributed by atoms with E-state index in [1.165, 1.54) is 19.2 Å². The Kier molecular flexibility index (Phi) is 4.19. The van der Waals surface area contributed by atoms with Crippen LogP contribution in [-0.2, 0) is 9.53 Å². The van der Waals surface area contributed by atoms with Crippen molar-refractivity contribution in [2.24, 2.45) is 5.73 Å². The number of benzene rings is 1. The van der Waals surface area contributed by atoms with Crippen LogP contribution in [0.5, 0.6) is 0 Å². The van der Waals surface area contributed by atoms with E-state index in [4.69, 9.17) is 10.8 Å². The zero-order valence-corrected chi connectivity index (χ0v) is 9.16. The molecule has 1 aromatic carbocycles. The average Bonchev–Trinajstić information content (AvgIpc) is 2.35. The molecule has 0 saturated heterocycles. The van der Waals surface area contributed by atoms with Crippen LogP contribution in [-0.4, -0.2) is 35.3 Å². The van der Waals surface area contributed by atoms with Crippen molar-refractivity contribution < 1.29 is 24.5 Å². The van der Waals surface area contributed by atoms with Gasteiger partial charge in [-0.15, -0.1) is 0 Å². The number of nitrogens with two attached hydrogens (primary N) is 1. The summed E-state index contributed by atoms with van der Waals surface area (Å²) in [6.07, 6.45) is -1.47. The Morgan fingerprint density at radius 1 is 1.35 bits per heavy atom. The maximum absolute atomic E-state index is 11.4. The van der Waals surface area contributed by atoms with E-state index in [2.05, 4.69) is 4.74 Å². The zero-order valence-electron chi connectivity index (χ0n) is 9.16. The molecule has 0 fully saturated rings. The number of aliphatic hydroxyl groups is 1. The van der Waals surface area contributed by atoms with Gasteiger partial charge in [0.15, 0.2) is 0 Å². The van der Waals surface area contributed by atoms with Crippen molar-refractivity contribution in [3.05, 3.63) is 35.4 Å². The number of aliphatic carboxylic acids is 1. The first-order valence-corrected chi connectivity index (χ1v) is 4.82. The van der Waals surface area contributed by atoms with Gasteiger partial charge in [0.25, 0.3) is 0 Å². The summed E-state index contributed by atoms with van der Waals surface area (Å²) in [5.41, 5.74) is 5.53. The number of hydrogen-bond acceptors (Lipinski definition) is 5. The summed E-state index contributed by atoms with van der Waals surface area (Å²) in [6, 6.07) is 4.51. The summed E-state index contributed by atoms with van der Waals surface area (Å²) in [4.78, 5) is 22.1. The Morgan fingerprint density at radius 3 is 2.47 bits per heavy atom. The van der Waals surface area contributed by atoms with E-state index in [0.717, 1.165) is 0 Å². The monoisotopic (exact) mass is 239 g/mol. The highest BCUT2D eigenvalue weighted by Gasteiger charge is 2.27. The molecule has 0 aliphatic rings. The normalized spacial score (nSPS) is 13.8. The first-order valence-electron chi connectivity index (χ1n) is 4.82. The number of carbonyl (C=O) groups is 2. The average molecular weight is 239 g/mol. The van der Waals surface area contributed by atoms with Crippen molar-refractivity contribution >= 4 is 11.9 Å². The SMILES string of the molecule is COC(=O)c1ccccc1C(O)C(N)C(=O)O. The van der Waals surface area contributed by atoms with Crippen molar-refractivity contribution in [1.29, 1.82) is 0 Å². The lowest BCUT2D eigenvalue weighted by Gasteiger charge is -2.17. The number of hydrogen-bond donors (Lipinski definition) is 3. The highest BCUT2D eigenvalue weighted by molar-refractivity contribution is 5.91. The zero-order chi connectivity index (χ0) is 13.0. The number of carbonyl (C=O) groups excluding carboxylic acids is 1. The first kappa shape index (κ1) is 13.1. The molecule has 92 valence electrons. The van der Waals surface area contributed by atoms with E-state index in [1.807, 2.05) is 0 Å². The van der Waals surface area contributed by atoms with Crippen molar-refractivity contribution in [3.8, 4) is 0 Å². The smallest absolute Gasteiger partial charge is 0.338 e. The number of methoxy groups -OCH3 is 1. The molecular weight excluding hydrogens is 226 g/mol. The van der Waals surface area contributed by atoms with E-state index in [0.29, 0.717) is 0 Å². The Bertz CT molecular complexity index is 432. The summed E-state index contributed by atoms with van der Waals surface area (Å²) in [6.45, 7) is 0.